The number of nitrogens with zero attached hydrogens (tertiary/aromatic N) is 1. The van der Waals surface area contributed by atoms with Crippen molar-refractivity contribution >= 4 is 17.5 Å². The second kappa shape index (κ2) is 5.38. The van der Waals surface area contributed by atoms with Gasteiger partial charge in [-0.15, -0.1) is 11.6 Å². The molecule has 3 atom stereocenters. The van der Waals surface area contributed by atoms with E-state index in [0.29, 0.717) is 30.8 Å². The lowest BCUT2D eigenvalue weighted by Gasteiger charge is -2.43. The molecular weight excluding hydrogens is 250 g/mol. The minimum Gasteiger partial charge on any atom is -0.367 e. The lowest BCUT2D eigenvalue weighted by molar-refractivity contribution is -0.161. The van der Waals surface area contributed by atoms with Crippen LogP contribution in [0.2, 0.25) is 0 Å². The first kappa shape index (κ1) is 14.1. The number of halogens is 1. The molecule has 0 aromatic heterocycles. The number of carbonyl (C=O) groups is 1. The maximum Gasteiger partial charge on any atom is 0.226 e. The van der Waals surface area contributed by atoms with Crippen molar-refractivity contribution in [3.63, 3.8) is 0 Å². The zero-order chi connectivity index (χ0) is 13.3. The van der Waals surface area contributed by atoms with E-state index in [1.165, 1.54) is 12.8 Å². The molecule has 1 heterocycles. The van der Waals surface area contributed by atoms with Crippen molar-refractivity contribution in [1.29, 1.82) is 0 Å². The summed E-state index contributed by atoms with van der Waals surface area (Å²) >= 11 is 5.90. The second-order valence-corrected chi connectivity index (χ2v) is 6.70. The van der Waals surface area contributed by atoms with Gasteiger partial charge in [0.15, 0.2) is 0 Å². The number of ether oxygens (including phenoxy) is 1. The molecule has 3 nitrogen and oxygen atoms in total. The Balaban J connectivity index is 2.05. The van der Waals surface area contributed by atoms with Gasteiger partial charge in [-0.2, -0.15) is 0 Å². The Kier molecular flexibility index (Phi) is 4.22. The lowest BCUT2D eigenvalue weighted by atomic mass is 9.95. The Hall–Kier alpha value is -0.280. The molecular formula is C14H24ClNO2. The fraction of sp³-hybridized carbons (Fsp3) is 0.929. The zero-order valence-electron chi connectivity index (χ0n) is 11.6. The molecule has 4 heteroatoms. The predicted octanol–water partition coefficient (Wildman–Crippen LogP) is 2.67. The molecule has 2 aliphatic rings. The van der Waals surface area contributed by atoms with Crippen molar-refractivity contribution < 1.29 is 9.53 Å². The highest BCUT2D eigenvalue weighted by atomic mass is 35.5. The highest BCUT2D eigenvalue weighted by Crippen LogP contribution is 2.34. The third-order valence-corrected chi connectivity index (χ3v) is 4.49. The lowest BCUT2D eigenvalue weighted by Crippen LogP contribution is -2.56. The summed E-state index contributed by atoms with van der Waals surface area (Å²) in [7, 11) is 0. The van der Waals surface area contributed by atoms with Crippen LogP contribution < -0.4 is 0 Å². The molecule has 3 unspecified atom stereocenters. The molecule has 1 aliphatic heterocycles. The smallest absolute Gasteiger partial charge is 0.226 e. The molecule has 1 amide bonds. The van der Waals surface area contributed by atoms with Gasteiger partial charge in [0.2, 0.25) is 5.91 Å². The van der Waals surface area contributed by atoms with Gasteiger partial charge in [0.1, 0.15) is 0 Å². The van der Waals surface area contributed by atoms with E-state index < -0.39 is 0 Å². The Morgan fingerprint density at radius 2 is 2.17 bits per heavy atom. The summed E-state index contributed by atoms with van der Waals surface area (Å²) in [5, 5.41) is 0. The molecule has 0 aromatic carbocycles. The standard InChI is InChI=1S/C14H24ClNO2/c1-10-5-4-6-12(10)13(17)16-8-11(7-15)18-14(2,3)9-16/h10-12H,4-9H2,1-3H3. The van der Waals surface area contributed by atoms with Gasteiger partial charge in [0.05, 0.1) is 17.6 Å². The SMILES string of the molecule is CC1CCCC1C(=O)N1CC(CCl)OC(C)(C)C1. The first-order valence-electron chi connectivity index (χ1n) is 6.95. The van der Waals surface area contributed by atoms with Crippen LogP contribution in [0.3, 0.4) is 0 Å². The number of amides is 1. The van der Waals surface area contributed by atoms with E-state index in [9.17, 15) is 4.79 Å². The monoisotopic (exact) mass is 273 g/mol. The summed E-state index contributed by atoms with van der Waals surface area (Å²) in [5.74, 6) is 1.51. The molecule has 0 spiro atoms. The number of hydrogen-bond donors (Lipinski definition) is 0. The zero-order valence-corrected chi connectivity index (χ0v) is 12.4. The fourth-order valence-electron chi connectivity index (χ4n) is 3.29. The fourth-order valence-corrected chi connectivity index (χ4v) is 3.45. The van der Waals surface area contributed by atoms with E-state index >= 15 is 0 Å². The highest BCUT2D eigenvalue weighted by molar-refractivity contribution is 6.18. The van der Waals surface area contributed by atoms with Crippen LogP contribution in [0, 0.1) is 11.8 Å². The molecule has 1 saturated heterocycles. The second-order valence-electron chi connectivity index (χ2n) is 6.39. The minimum absolute atomic E-state index is 0.0314. The number of hydrogen-bond acceptors (Lipinski definition) is 2. The van der Waals surface area contributed by atoms with Gasteiger partial charge < -0.3 is 9.64 Å². The van der Waals surface area contributed by atoms with Crippen molar-refractivity contribution in [2.45, 2.75) is 51.7 Å². The van der Waals surface area contributed by atoms with E-state index in [0.717, 1.165) is 6.42 Å². The number of rotatable bonds is 2. The molecule has 0 radical (unpaired) electrons. The summed E-state index contributed by atoms with van der Waals surface area (Å²) in [6.07, 6.45) is 3.38. The topological polar surface area (TPSA) is 29.5 Å². The van der Waals surface area contributed by atoms with Gasteiger partial charge in [-0.05, 0) is 32.6 Å². The third kappa shape index (κ3) is 3.00. The van der Waals surface area contributed by atoms with Crippen LogP contribution in [-0.2, 0) is 9.53 Å². The van der Waals surface area contributed by atoms with Crippen LogP contribution in [0.25, 0.3) is 0 Å². The predicted molar refractivity (Wildman–Crippen MR) is 72.8 cm³/mol. The molecule has 0 bridgehead atoms. The minimum atomic E-state index is -0.282. The maximum absolute atomic E-state index is 12.6. The Bertz CT molecular complexity index is 319. The summed E-state index contributed by atoms with van der Waals surface area (Å²) < 4.78 is 5.87. The van der Waals surface area contributed by atoms with E-state index in [2.05, 4.69) is 6.92 Å². The Morgan fingerprint density at radius 3 is 2.72 bits per heavy atom. The van der Waals surface area contributed by atoms with E-state index in [1.807, 2.05) is 18.7 Å². The van der Waals surface area contributed by atoms with Crippen molar-refractivity contribution in [1.82, 2.24) is 4.90 Å². The van der Waals surface area contributed by atoms with Gasteiger partial charge in [0.25, 0.3) is 0 Å². The number of alkyl halides is 1. The van der Waals surface area contributed by atoms with Crippen molar-refractivity contribution in [3.8, 4) is 0 Å². The third-order valence-electron chi connectivity index (χ3n) is 4.14. The Labute approximate surface area is 115 Å². The first-order chi connectivity index (χ1) is 8.43. The van der Waals surface area contributed by atoms with Crippen LogP contribution >= 0.6 is 11.6 Å². The van der Waals surface area contributed by atoms with Crippen molar-refractivity contribution in [2.75, 3.05) is 19.0 Å². The number of morpholine rings is 1. The van der Waals surface area contributed by atoms with E-state index in [-0.39, 0.29) is 17.6 Å². The quantitative estimate of drug-likeness (QED) is 0.724. The van der Waals surface area contributed by atoms with Crippen LogP contribution in [0.15, 0.2) is 0 Å². The Morgan fingerprint density at radius 1 is 1.44 bits per heavy atom. The average molecular weight is 274 g/mol. The van der Waals surface area contributed by atoms with Gasteiger partial charge in [-0.25, -0.2) is 0 Å². The number of carbonyl (C=O) groups excluding carboxylic acids is 1. The molecule has 0 N–H and O–H groups in total. The van der Waals surface area contributed by atoms with Crippen LogP contribution in [0.5, 0.6) is 0 Å². The molecule has 18 heavy (non-hydrogen) atoms. The average Bonchev–Trinajstić information content (AvgIpc) is 2.72. The summed E-state index contributed by atoms with van der Waals surface area (Å²) in [5.41, 5.74) is -0.282. The maximum atomic E-state index is 12.6. The highest BCUT2D eigenvalue weighted by Gasteiger charge is 2.39. The van der Waals surface area contributed by atoms with E-state index in [4.69, 9.17) is 16.3 Å². The van der Waals surface area contributed by atoms with Gasteiger partial charge >= 0.3 is 0 Å². The largest absolute Gasteiger partial charge is 0.367 e. The molecule has 2 fully saturated rings. The molecule has 2 rings (SSSR count). The summed E-state index contributed by atoms with van der Waals surface area (Å²) in [6, 6.07) is 0. The van der Waals surface area contributed by atoms with Gasteiger partial charge in [-0.1, -0.05) is 13.3 Å². The molecule has 104 valence electrons. The van der Waals surface area contributed by atoms with Gasteiger partial charge in [-0.3, -0.25) is 4.79 Å². The first-order valence-corrected chi connectivity index (χ1v) is 7.49. The van der Waals surface area contributed by atoms with Crippen molar-refractivity contribution in [3.05, 3.63) is 0 Å². The summed E-state index contributed by atoms with van der Waals surface area (Å²) in [4.78, 5) is 14.6. The normalized spacial score (nSPS) is 35.8. The van der Waals surface area contributed by atoms with Crippen LogP contribution in [-0.4, -0.2) is 41.5 Å². The summed E-state index contributed by atoms with van der Waals surface area (Å²) in [6.45, 7) is 7.59. The van der Waals surface area contributed by atoms with Crippen LogP contribution in [0.1, 0.15) is 40.0 Å². The van der Waals surface area contributed by atoms with Crippen molar-refractivity contribution in [2.24, 2.45) is 11.8 Å². The van der Waals surface area contributed by atoms with Crippen LogP contribution in [0.4, 0.5) is 0 Å². The molecule has 1 aliphatic carbocycles. The van der Waals surface area contributed by atoms with Gasteiger partial charge in [0, 0.05) is 19.0 Å². The molecule has 0 aromatic rings. The van der Waals surface area contributed by atoms with E-state index in [1.54, 1.807) is 0 Å². The molecule has 1 saturated carbocycles.